The fourth-order valence-electron chi connectivity index (χ4n) is 2.75. The number of aliphatic hydroxyl groups is 1. The molecule has 2 nitrogen and oxygen atoms in total. The number of rotatable bonds is 4. The van der Waals surface area contributed by atoms with Gasteiger partial charge in [-0.3, -0.25) is 0 Å². The second kappa shape index (κ2) is 5.72. The van der Waals surface area contributed by atoms with Gasteiger partial charge in [-0.05, 0) is 43.6 Å². The van der Waals surface area contributed by atoms with Gasteiger partial charge in [-0.1, -0.05) is 26.2 Å². The number of aliphatic hydroxyl groups excluding tert-OH is 1. The van der Waals surface area contributed by atoms with Gasteiger partial charge < -0.3 is 10.8 Å². The van der Waals surface area contributed by atoms with Crippen LogP contribution >= 0.6 is 0 Å². The van der Waals surface area contributed by atoms with Crippen molar-refractivity contribution in [3.8, 4) is 0 Å². The highest BCUT2D eigenvalue weighted by Crippen LogP contribution is 2.39. The summed E-state index contributed by atoms with van der Waals surface area (Å²) in [6.07, 6.45) is 8.63. The molecule has 2 heteroatoms. The Balaban J connectivity index is 2.52. The Kier molecular flexibility index (Phi) is 4.90. The molecule has 1 saturated carbocycles. The molecule has 2 atom stereocenters. The first-order valence-electron chi connectivity index (χ1n) is 6.07. The Morgan fingerprint density at radius 1 is 1.36 bits per heavy atom. The molecule has 0 amide bonds. The van der Waals surface area contributed by atoms with Crippen molar-refractivity contribution in [2.75, 3.05) is 13.2 Å². The average molecular weight is 199 g/mol. The summed E-state index contributed by atoms with van der Waals surface area (Å²) in [7, 11) is 0. The Hall–Kier alpha value is -0.0800. The van der Waals surface area contributed by atoms with Crippen LogP contribution in [0.4, 0.5) is 0 Å². The van der Waals surface area contributed by atoms with Gasteiger partial charge in [-0.2, -0.15) is 0 Å². The molecule has 2 unspecified atom stereocenters. The lowest BCUT2D eigenvalue weighted by Crippen LogP contribution is -2.31. The molecule has 0 aromatic carbocycles. The van der Waals surface area contributed by atoms with Gasteiger partial charge in [0.25, 0.3) is 0 Å². The minimum Gasteiger partial charge on any atom is -0.396 e. The predicted octanol–water partition coefficient (Wildman–Crippen LogP) is 2.30. The highest BCUT2D eigenvalue weighted by atomic mass is 16.3. The first-order chi connectivity index (χ1) is 6.76. The lowest BCUT2D eigenvalue weighted by molar-refractivity contribution is 0.164. The van der Waals surface area contributed by atoms with Gasteiger partial charge in [0.1, 0.15) is 0 Å². The Morgan fingerprint density at radius 3 is 2.71 bits per heavy atom. The molecule has 0 aliphatic heterocycles. The Morgan fingerprint density at radius 2 is 2.14 bits per heavy atom. The molecule has 1 aliphatic carbocycles. The van der Waals surface area contributed by atoms with E-state index in [9.17, 15) is 0 Å². The van der Waals surface area contributed by atoms with E-state index in [0.29, 0.717) is 6.61 Å². The summed E-state index contributed by atoms with van der Waals surface area (Å²) in [4.78, 5) is 0. The van der Waals surface area contributed by atoms with Gasteiger partial charge in [0.2, 0.25) is 0 Å². The largest absolute Gasteiger partial charge is 0.396 e. The second-order valence-electron chi connectivity index (χ2n) is 4.88. The lowest BCUT2D eigenvalue weighted by atomic mass is 9.77. The fourth-order valence-corrected chi connectivity index (χ4v) is 2.75. The fraction of sp³-hybridized carbons (Fsp3) is 1.00. The summed E-state index contributed by atoms with van der Waals surface area (Å²) in [5.74, 6) is 0.905. The zero-order valence-corrected chi connectivity index (χ0v) is 9.47. The summed E-state index contributed by atoms with van der Waals surface area (Å²) in [6, 6.07) is 0. The van der Waals surface area contributed by atoms with Crippen LogP contribution in [0, 0.1) is 11.3 Å². The monoisotopic (exact) mass is 199 g/mol. The van der Waals surface area contributed by atoms with E-state index >= 15 is 0 Å². The van der Waals surface area contributed by atoms with E-state index in [-0.39, 0.29) is 5.41 Å². The second-order valence-corrected chi connectivity index (χ2v) is 4.88. The van der Waals surface area contributed by atoms with Gasteiger partial charge >= 0.3 is 0 Å². The molecule has 0 spiro atoms. The van der Waals surface area contributed by atoms with Gasteiger partial charge in [0.05, 0.1) is 0 Å². The van der Waals surface area contributed by atoms with Crippen molar-refractivity contribution in [3.05, 3.63) is 0 Å². The van der Waals surface area contributed by atoms with E-state index in [1.165, 1.54) is 38.5 Å². The molecule has 1 rings (SSSR count). The van der Waals surface area contributed by atoms with Crippen LogP contribution in [0.15, 0.2) is 0 Å². The van der Waals surface area contributed by atoms with Crippen molar-refractivity contribution in [2.45, 2.75) is 51.9 Å². The highest BCUT2D eigenvalue weighted by Gasteiger charge is 2.30. The molecular weight excluding hydrogens is 174 g/mol. The van der Waals surface area contributed by atoms with E-state index in [2.05, 4.69) is 6.92 Å². The van der Waals surface area contributed by atoms with Crippen molar-refractivity contribution in [2.24, 2.45) is 17.1 Å². The minimum atomic E-state index is 0.263. The minimum absolute atomic E-state index is 0.263. The molecule has 0 aromatic heterocycles. The van der Waals surface area contributed by atoms with E-state index in [1.807, 2.05) is 0 Å². The molecule has 0 aromatic rings. The van der Waals surface area contributed by atoms with Gasteiger partial charge in [-0.25, -0.2) is 0 Å². The topological polar surface area (TPSA) is 46.2 Å². The van der Waals surface area contributed by atoms with Gasteiger partial charge in [-0.15, -0.1) is 0 Å². The molecule has 1 fully saturated rings. The van der Waals surface area contributed by atoms with Crippen LogP contribution in [0.2, 0.25) is 0 Å². The van der Waals surface area contributed by atoms with Crippen molar-refractivity contribution in [1.29, 1.82) is 0 Å². The van der Waals surface area contributed by atoms with E-state index in [1.54, 1.807) is 0 Å². The molecule has 0 saturated heterocycles. The number of hydrogen-bond acceptors (Lipinski definition) is 2. The van der Waals surface area contributed by atoms with Crippen LogP contribution in [0.1, 0.15) is 51.9 Å². The van der Waals surface area contributed by atoms with Crippen molar-refractivity contribution < 1.29 is 5.11 Å². The van der Waals surface area contributed by atoms with Crippen LogP contribution in [-0.4, -0.2) is 18.3 Å². The molecule has 14 heavy (non-hydrogen) atoms. The summed E-state index contributed by atoms with van der Waals surface area (Å²) in [5.41, 5.74) is 6.13. The summed E-state index contributed by atoms with van der Waals surface area (Å²) in [6.45, 7) is 3.34. The van der Waals surface area contributed by atoms with Gasteiger partial charge in [0, 0.05) is 6.61 Å². The van der Waals surface area contributed by atoms with Crippen molar-refractivity contribution in [1.82, 2.24) is 0 Å². The maximum atomic E-state index is 9.07. The zero-order valence-electron chi connectivity index (χ0n) is 9.47. The average Bonchev–Trinajstić information content (AvgIpc) is 2.42. The molecule has 3 N–H and O–H groups in total. The first kappa shape index (κ1) is 12.0. The lowest BCUT2D eigenvalue weighted by Gasteiger charge is -2.30. The standard InChI is InChI=1S/C12H25NO/c1-2-11-4-3-6-12(10-13,7-5-11)8-9-14/h11,14H,2-10,13H2,1H3. The summed E-state index contributed by atoms with van der Waals surface area (Å²) < 4.78 is 0. The van der Waals surface area contributed by atoms with Crippen molar-refractivity contribution >= 4 is 0 Å². The number of hydrogen-bond donors (Lipinski definition) is 2. The van der Waals surface area contributed by atoms with E-state index in [4.69, 9.17) is 10.8 Å². The normalized spacial score (nSPS) is 34.1. The van der Waals surface area contributed by atoms with Crippen LogP contribution in [0.25, 0.3) is 0 Å². The Bertz CT molecular complexity index is 160. The molecular formula is C12H25NO. The molecule has 0 bridgehead atoms. The quantitative estimate of drug-likeness (QED) is 0.682. The third-order valence-electron chi connectivity index (χ3n) is 4.05. The summed E-state index contributed by atoms with van der Waals surface area (Å²) in [5, 5.41) is 9.07. The zero-order chi connectivity index (χ0) is 10.4. The van der Waals surface area contributed by atoms with Crippen LogP contribution < -0.4 is 5.73 Å². The Labute approximate surface area is 87.9 Å². The van der Waals surface area contributed by atoms with Crippen LogP contribution in [0.5, 0.6) is 0 Å². The number of nitrogens with two attached hydrogens (primary N) is 1. The van der Waals surface area contributed by atoms with E-state index < -0.39 is 0 Å². The SMILES string of the molecule is CCC1CCCC(CN)(CCO)CC1. The third kappa shape index (κ3) is 2.96. The molecule has 1 aliphatic rings. The highest BCUT2D eigenvalue weighted by molar-refractivity contribution is 4.84. The van der Waals surface area contributed by atoms with Crippen molar-refractivity contribution in [3.63, 3.8) is 0 Å². The molecule has 84 valence electrons. The predicted molar refractivity (Wildman–Crippen MR) is 60.1 cm³/mol. The van der Waals surface area contributed by atoms with E-state index in [0.717, 1.165) is 18.9 Å². The smallest absolute Gasteiger partial charge is 0.0436 e. The maximum Gasteiger partial charge on any atom is 0.0436 e. The molecule has 0 radical (unpaired) electrons. The summed E-state index contributed by atoms with van der Waals surface area (Å²) >= 11 is 0. The van der Waals surface area contributed by atoms with Gasteiger partial charge in [0.15, 0.2) is 0 Å². The third-order valence-corrected chi connectivity index (χ3v) is 4.05. The first-order valence-corrected chi connectivity index (χ1v) is 6.07. The molecule has 0 heterocycles. The maximum absolute atomic E-state index is 9.07. The van der Waals surface area contributed by atoms with Crippen LogP contribution in [-0.2, 0) is 0 Å². The van der Waals surface area contributed by atoms with Crippen LogP contribution in [0.3, 0.4) is 0 Å².